The number of aromatic nitrogens is 2. The van der Waals surface area contributed by atoms with Gasteiger partial charge in [-0.25, -0.2) is 14.4 Å². The monoisotopic (exact) mass is 569 g/mol. The van der Waals surface area contributed by atoms with Gasteiger partial charge in [-0.1, -0.05) is 17.7 Å². The van der Waals surface area contributed by atoms with Gasteiger partial charge in [0.1, 0.15) is 36.4 Å². The molecule has 2 aliphatic rings. The number of morpholine rings is 1. The lowest BCUT2D eigenvalue weighted by Crippen LogP contribution is -2.44. The molecule has 0 spiro atoms. The fourth-order valence-corrected chi connectivity index (χ4v) is 4.78. The van der Waals surface area contributed by atoms with Crippen LogP contribution in [0.1, 0.15) is 19.8 Å². The summed E-state index contributed by atoms with van der Waals surface area (Å²) in [6, 6.07) is 7.72. The Kier molecular flexibility index (Phi) is 8.73. The first-order chi connectivity index (χ1) is 19.3. The second-order valence-electron chi connectivity index (χ2n) is 9.67. The molecule has 2 N–H and O–H groups in total. The molecule has 210 valence electrons. The SMILES string of the molecule is C[C@@H]1CN(C/C=C/C(=O)Nc2cc3c(Nc4ccc(F)c(Cl)c4)ncnc3cc2OC[C@@H]2CCCO2)CC(=O)O1. The minimum absolute atomic E-state index is 0.0242. The maximum atomic E-state index is 13.6. The number of esters is 1. The number of hydrogen-bond donors (Lipinski definition) is 2. The van der Waals surface area contributed by atoms with Gasteiger partial charge in [-0.05, 0) is 44.0 Å². The smallest absolute Gasteiger partial charge is 0.320 e. The Morgan fingerprint density at radius 1 is 1.30 bits per heavy atom. The Labute approximate surface area is 235 Å². The number of nitrogens with zero attached hydrogens (tertiary/aromatic N) is 3. The molecule has 0 aliphatic carbocycles. The summed E-state index contributed by atoms with van der Waals surface area (Å²) in [4.78, 5) is 35.2. The predicted molar refractivity (Wildman–Crippen MR) is 148 cm³/mol. The van der Waals surface area contributed by atoms with E-state index in [9.17, 15) is 14.0 Å². The minimum Gasteiger partial charge on any atom is -0.489 e. The van der Waals surface area contributed by atoms with Crippen LogP contribution in [0, 0.1) is 5.82 Å². The number of fused-ring (bicyclic) bond motifs is 1. The van der Waals surface area contributed by atoms with Crippen molar-refractivity contribution in [2.24, 2.45) is 0 Å². The van der Waals surface area contributed by atoms with Gasteiger partial charge in [-0.2, -0.15) is 0 Å². The molecule has 5 rings (SSSR count). The van der Waals surface area contributed by atoms with Crippen molar-refractivity contribution in [1.29, 1.82) is 0 Å². The van der Waals surface area contributed by atoms with Crippen molar-refractivity contribution in [3.8, 4) is 5.75 Å². The molecule has 2 fully saturated rings. The zero-order chi connectivity index (χ0) is 28.1. The number of rotatable bonds is 9. The third kappa shape index (κ3) is 7.04. The fraction of sp³-hybridized carbons (Fsp3) is 0.357. The summed E-state index contributed by atoms with van der Waals surface area (Å²) in [5.74, 6) is -0.302. The van der Waals surface area contributed by atoms with Crippen molar-refractivity contribution < 1.29 is 28.2 Å². The van der Waals surface area contributed by atoms with Gasteiger partial charge in [0.2, 0.25) is 5.91 Å². The van der Waals surface area contributed by atoms with Crippen molar-refractivity contribution in [2.75, 3.05) is 43.5 Å². The summed E-state index contributed by atoms with van der Waals surface area (Å²) >= 11 is 5.94. The van der Waals surface area contributed by atoms with Crippen LogP contribution >= 0.6 is 11.6 Å². The molecule has 2 saturated heterocycles. The Hall–Kier alpha value is -3.80. The molecule has 2 atom stereocenters. The van der Waals surface area contributed by atoms with Gasteiger partial charge >= 0.3 is 5.97 Å². The first kappa shape index (κ1) is 27.8. The highest BCUT2D eigenvalue weighted by atomic mass is 35.5. The van der Waals surface area contributed by atoms with E-state index in [-0.39, 0.29) is 35.7 Å². The van der Waals surface area contributed by atoms with Crippen LogP contribution in [0.4, 0.5) is 21.6 Å². The number of hydrogen-bond acceptors (Lipinski definition) is 9. The van der Waals surface area contributed by atoms with E-state index in [4.69, 9.17) is 25.8 Å². The molecule has 0 radical (unpaired) electrons. The van der Waals surface area contributed by atoms with Gasteiger partial charge < -0.3 is 24.8 Å². The second-order valence-corrected chi connectivity index (χ2v) is 10.1. The van der Waals surface area contributed by atoms with E-state index < -0.39 is 5.82 Å². The van der Waals surface area contributed by atoms with Gasteiger partial charge in [-0.3, -0.25) is 14.5 Å². The van der Waals surface area contributed by atoms with Crippen molar-refractivity contribution in [3.05, 3.63) is 59.7 Å². The van der Waals surface area contributed by atoms with Crippen molar-refractivity contribution in [3.63, 3.8) is 0 Å². The van der Waals surface area contributed by atoms with E-state index in [0.717, 1.165) is 12.8 Å². The molecule has 2 aliphatic heterocycles. The van der Waals surface area contributed by atoms with Crippen LogP contribution in [-0.4, -0.2) is 71.8 Å². The van der Waals surface area contributed by atoms with E-state index in [2.05, 4.69) is 20.6 Å². The first-order valence-electron chi connectivity index (χ1n) is 13.0. The highest BCUT2D eigenvalue weighted by Gasteiger charge is 2.22. The second kappa shape index (κ2) is 12.6. The molecule has 40 heavy (non-hydrogen) atoms. The first-order valence-corrected chi connectivity index (χ1v) is 13.4. The number of carbonyl (C=O) groups is 2. The molecule has 3 aromatic rings. The Morgan fingerprint density at radius 2 is 2.17 bits per heavy atom. The summed E-state index contributed by atoms with van der Waals surface area (Å²) < 4.78 is 30.5. The third-order valence-corrected chi connectivity index (χ3v) is 6.75. The summed E-state index contributed by atoms with van der Waals surface area (Å²) in [6.07, 6.45) is 6.17. The highest BCUT2D eigenvalue weighted by molar-refractivity contribution is 6.31. The van der Waals surface area contributed by atoms with Gasteiger partial charge in [-0.15, -0.1) is 0 Å². The topological polar surface area (TPSA) is 115 Å². The Balaban J connectivity index is 1.37. The Morgan fingerprint density at radius 3 is 2.95 bits per heavy atom. The lowest BCUT2D eigenvalue weighted by Gasteiger charge is -2.29. The Bertz CT molecular complexity index is 1430. The van der Waals surface area contributed by atoms with Crippen LogP contribution in [0.15, 0.2) is 48.8 Å². The standard InChI is InChI=1S/C28H29ClFN5O5/c1-17-13-35(14-27(37)40-17)8-2-5-26(36)34-24-11-20-23(12-25(24)39-15-19-4-3-9-38-19)31-16-32-28(20)33-18-6-7-22(30)21(29)10-18/h2,5-7,10-12,16-17,19H,3-4,8-9,13-15H2,1H3,(H,34,36)(H,31,32,33)/b5-2+/t17-,19+/m1/s1. The van der Waals surface area contributed by atoms with Crippen molar-refractivity contribution >= 4 is 51.6 Å². The molecule has 3 heterocycles. The number of benzene rings is 2. The van der Waals surface area contributed by atoms with Crippen LogP contribution in [-0.2, 0) is 19.1 Å². The largest absolute Gasteiger partial charge is 0.489 e. The van der Waals surface area contributed by atoms with E-state index in [1.807, 2.05) is 11.8 Å². The summed E-state index contributed by atoms with van der Waals surface area (Å²) in [5.41, 5.74) is 1.53. The number of halogens is 2. The fourth-order valence-electron chi connectivity index (χ4n) is 4.60. The van der Waals surface area contributed by atoms with Gasteiger partial charge in [0, 0.05) is 42.9 Å². The zero-order valence-electron chi connectivity index (χ0n) is 21.9. The average Bonchev–Trinajstić information content (AvgIpc) is 3.43. The molecule has 1 aromatic heterocycles. The van der Waals surface area contributed by atoms with Gasteiger partial charge in [0.25, 0.3) is 0 Å². The van der Waals surface area contributed by atoms with Crippen LogP contribution in [0.3, 0.4) is 0 Å². The summed E-state index contributed by atoms with van der Waals surface area (Å²) in [5, 5.41) is 6.60. The quantitative estimate of drug-likeness (QED) is 0.284. The lowest BCUT2D eigenvalue weighted by molar-refractivity contribution is -0.156. The molecular weight excluding hydrogens is 541 g/mol. The number of carbonyl (C=O) groups excluding carboxylic acids is 2. The normalized spacial score (nSPS) is 19.6. The molecule has 0 bridgehead atoms. The summed E-state index contributed by atoms with van der Waals surface area (Å²) in [6.45, 7) is 4.06. The average molecular weight is 570 g/mol. The number of amides is 1. The molecule has 10 nitrogen and oxygen atoms in total. The van der Waals surface area contributed by atoms with Gasteiger partial charge in [0.05, 0.1) is 28.9 Å². The molecule has 0 saturated carbocycles. The van der Waals surface area contributed by atoms with Crippen molar-refractivity contribution in [1.82, 2.24) is 14.9 Å². The number of cyclic esters (lactones) is 1. The predicted octanol–water partition coefficient (Wildman–Crippen LogP) is 4.47. The minimum atomic E-state index is -0.527. The lowest BCUT2D eigenvalue weighted by atomic mass is 10.1. The molecule has 2 aromatic carbocycles. The molecular formula is C28H29ClFN5O5. The zero-order valence-corrected chi connectivity index (χ0v) is 22.6. The van der Waals surface area contributed by atoms with Gasteiger partial charge in [0.15, 0.2) is 0 Å². The number of anilines is 3. The number of ether oxygens (including phenoxy) is 3. The third-order valence-electron chi connectivity index (χ3n) is 6.46. The van der Waals surface area contributed by atoms with E-state index >= 15 is 0 Å². The van der Waals surface area contributed by atoms with E-state index in [0.29, 0.717) is 60.1 Å². The van der Waals surface area contributed by atoms with E-state index in [1.165, 1.54) is 24.5 Å². The van der Waals surface area contributed by atoms with E-state index in [1.54, 1.807) is 24.3 Å². The van der Waals surface area contributed by atoms with Crippen LogP contribution in [0.2, 0.25) is 5.02 Å². The highest BCUT2D eigenvalue weighted by Crippen LogP contribution is 2.34. The molecule has 0 unspecified atom stereocenters. The maximum Gasteiger partial charge on any atom is 0.320 e. The number of nitrogens with one attached hydrogen (secondary N) is 2. The maximum absolute atomic E-state index is 13.6. The molecule has 12 heteroatoms. The van der Waals surface area contributed by atoms with Crippen LogP contribution in [0.5, 0.6) is 5.75 Å². The van der Waals surface area contributed by atoms with Crippen LogP contribution in [0.25, 0.3) is 10.9 Å². The summed E-state index contributed by atoms with van der Waals surface area (Å²) in [7, 11) is 0. The van der Waals surface area contributed by atoms with Crippen molar-refractivity contribution in [2.45, 2.75) is 32.0 Å². The molecule has 1 amide bonds. The van der Waals surface area contributed by atoms with Crippen LogP contribution < -0.4 is 15.4 Å².